The van der Waals surface area contributed by atoms with Gasteiger partial charge in [0.25, 0.3) is 5.91 Å². The lowest BCUT2D eigenvalue weighted by Gasteiger charge is -2.35. The first-order valence-electron chi connectivity index (χ1n) is 14.7. The van der Waals surface area contributed by atoms with Gasteiger partial charge in [0, 0.05) is 38.0 Å². The average Bonchev–Trinajstić information content (AvgIpc) is 3.29. The summed E-state index contributed by atoms with van der Waals surface area (Å²) in [4.78, 5) is 48.7. The Kier molecular flexibility index (Phi) is 8.22. The number of nitrogens with zero attached hydrogens (tertiary/aromatic N) is 3. The lowest BCUT2D eigenvalue weighted by atomic mass is 9.78. The van der Waals surface area contributed by atoms with Crippen molar-refractivity contribution < 1.29 is 19.5 Å². The average molecular weight is 606 g/mol. The van der Waals surface area contributed by atoms with E-state index in [9.17, 15) is 19.5 Å². The molecule has 3 amide bonds. The Hall–Kier alpha value is -3.07. The summed E-state index contributed by atoms with van der Waals surface area (Å²) < 4.78 is -0.875. The molecule has 1 unspecified atom stereocenters. The van der Waals surface area contributed by atoms with E-state index in [-0.39, 0.29) is 29.6 Å². The molecule has 2 aromatic carbocycles. The van der Waals surface area contributed by atoms with Gasteiger partial charge >= 0.3 is 0 Å². The number of unbranched alkanes of at least 4 members (excludes halogenated alkanes) is 2. The van der Waals surface area contributed by atoms with Gasteiger partial charge in [-0.3, -0.25) is 14.4 Å². The third-order valence-electron chi connectivity index (χ3n) is 8.97. The molecular formula is C33H36ClN3O4S. The van der Waals surface area contributed by atoms with Gasteiger partial charge in [-0.25, -0.2) is 0 Å². The van der Waals surface area contributed by atoms with Gasteiger partial charge in [-0.2, -0.15) is 0 Å². The van der Waals surface area contributed by atoms with Crippen LogP contribution in [0, 0.1) is 18.8 Å². The van der Waals surface area contributed by atoms with E-state index in [2.05, 4.69) is 6.08 Å². The first kappa shape index (κ1) is 29.0. The molecule has 9 heteroatoms. The van der Waals surface area contributed by atoms with Gasteiger partial charge in [0.1, 0.15) is 6.04 Å². The second-order valence-electron chi connectivity index (χ2n) is 11.5. The second kappa shape index (κ2) is 11.9. The highest BCUT2D eigenvalue weighted by molar-refractivity contribution is 8.02. The fraction of sp³-hybridized carbons (Fsp3) is 0.424. The summed E-state index contributed by atoms with van der Waals surface area (Å²) in [5.74, 6) is -1.57. The predicted octanol–water partition coefficient (Wildman–Crippen LogP) is 4.61. The number of carbonyl (C=O) groups is 3. The minimum atomic E-state index is -0.875. The highest BCUT2D eigenvalue weighted by Gasteiger charge is 2.71. The van der Waals surface area contributed by atoms with Crippen LogP contribution < -0.4 is 4.90 Å². The largest absolute Gasteiger partial charge is 0.396 e. The smallest absolute Gasteiger partial charge is 0.251 e. The number of benzene rings is 2. The summed E-state index contributed by atoms with van der Waals surface area (Å²) in [6, 6.07) is 14.7. The molecule has 1 spiro atoms. The van der Waals surface area contributed by atoms with E-state index in [0.717, 1.165) is 17.5 Å². The maximum Gasteiger partial charge on any atom is 0.251 e. The Morgan fingerprint density at radius 2 is 1.76 bits per heavy atom. The van der Waals surface area contributed by atoms with Gasteiger partial charge in [0.2, 0.25) is 11.8 Å². The van der Waals surface area contributed by atoms with Crippen molar-refractivity contribution in [2.24, 2.45) is 11.8 Å². The summed E-state index contributed by atoms with van der Waals surface area (Å²) >= 11 is 8.24. The third-order valence-corrected chi connectivity index (χ3v) is 11.0. The maximum atomic E-state index is 14.6. The van der Waals surface area contributed by atoms with Crippen molar-refractivity contribution >= 4 is 46.8 Å². The second-order valence-corrected chi connectivity index (χ2v) is 13.4. The number of aliphatic hydroxyl groups excluding tert-OH is 1. The lowest BCUT2D eigenvalue weighted by Crippen LogP contribution is -2.53. The molecule has 42 heavy (non-hydrogen) atoms. The highest BCUT2D eigenvalue weighted by Crippen LogP contribution is 2.61. The topological polar surface area (TPSA) is 81.2 Å². The normalized spacial score (nSPS) is 28.5. The SMILES string of the molecule is Cc1cccc(Cl)c1N1CC=C[C@]23S[C@H]4C=CCN(Cc5ccccc5)C(=O)[C@H]4[C@H]2C(=O)N(CCCCCO)C3C1=O. The van der Waals surface area contributed by atoms with E-state index in [1.165, 1.54) is 0 Å². The van der Waals surface area contributed by atoms with Gasteiger partial charge < -0.3 is 19.8 Å². The monoisotopic (exact) mass is 605 g/mol. The van der Waals surface area contributed by atoms with Gasteiger partial charge in [-0.05, 0) is 43.4 Å². The number of anilines is 1. The molecule has 2 fully saturated rings. The first-order chi connectivity index (χ1) is 20.4. The summed E-state index contributed by atoms with van der Waals surface area (Å²) in [5.41, 5.74) is 2.58. The number of likely N-dealkylation sites (tertiary alicyclic amines) is 1. The van der Waals surface area contributed by atoms with Crippen LogP contribution in [-0.4, -0.2) is 74.9 Å². The molecule has 7 nitrogen and oxygen atoms in total. The Morgan fingerprint density at radius 1 is 0.952 bits per heavy atom. The van der Waals surface area contributed by atoms with Crippen LogP contribution in [0.2, 0.25) is 5.02 Å². The minimum Gasteiger partial charge on any atom is -0.396 e. The number of hydrogen-bond donors (Lipinski definition) is 1. The number of rotatable bonds is 8. The molecule has 2 aromatic rings. The van der Waals surface area contributed by atoms with E-state index in [1.54, 1.807) is 27.6 Å². The number of halogens is 1. The van der Waals surface area contributed by atoms with Gasteiger partial charge in [0.15, 0.2) is 0 Å². The molecule has 0 bridgehead atoms. The van der Waals surface area contributed by atoms with Crippen molar-refractivity contribution in [1.29, 1.82) is 0 Å². The van der Waals surface area contributed by atoms with Gasteiger partial charge in [-0.1, -0.05) is 78.4 Å². The molecule has 0 radical (unpaired) electrons. The number of hydrogen-bond acceptors (Lipinski definition) is 5. The van der Waals surface area contributed by atoms with Crippen LogP contribution in [0.1, 0.15) is 30.4 Å². The third kappa shape index (κ3) is 4.87. The summed E-state index contributed by atoms with van der Waals surface area (Å²) in [7, 11) is 0. The number of carbonyl (C=O) groups excluding carboxylic acids is 3. The molecule has 0 saturated carbocycles. The molecule has 2 saturated heterocycles. The zero-order chi connectivity index (χ0) is 29.4. The molecule has 4 heterocycles. The number of thioether (sulfide) groups is 1. The maximum absolute atomic E-state index is 14.6. The van der Waals surface area contributed by atoms with Crippen molar-refractivity contribution in [3.05, 3.63) is 89.0 Å². The van der Waals surface area contributed by atoms with Crippen LogP contribution in [0.25, 0.3) is 0 Å². The zero-order valence-electron chi connectivity index (χ0n) is 23.7. The van der Waals surface area contributed by atoms with Gasteiger partial charge in [0.05, 0.1) is 27.3 Å². The summed E-state index contributed by atoms with van der Waals surface area (Å²) in [6.07, 6.45) is 10.2. The summed E-state index contributed by atoms with van der Waals surface area (Å²) in [6.45, 7) is 3.70. The fourth-order valence-corrected chi connectivity index (χ4v) is 9.44. The van der Waals surface area contributed by atoms with Crippen molar-refractivity contribution in [3.63, 3.8) is 0 Å². The number of amides is 3. The molecule has 220 valence electrons. The van der Waals surface area contributed by atoms with Crippen molar-refractivity contribution in [2.75, 3.05) is 31.1 Å². The van der Waals surface area contributed by atoms with Crippen molar-refractivity contribution in [1.82, 2.24) is 9.80 Å². The molecule has 4 aliphatic heterocycles. The number of fused-ring (bicyclic) bond motifs is 2. The number of para-hydroxylation sites is 1. The molecule has 0 aliphatic carbocycles. The minimum absolute atomic E-state index is 0.0404. The highest BCUT2D eigenvalue weighted by atomic mass is 35.5. The molecule has 5 atom stereocenters. The Morgan fingerprint density at radius 3 is 2.52 bits per heavy atom. The fourth-order valence-electron chi connectivity index (χ4n) is 7.11. The molecule has 4 aliphatic rings. The van der Waals surface area contributed by atoms with E-state index >= 15 is 0 Å². The first-order valence-corrected chi connectivity index (χ1v) is 16.0. The van der Waals surface area contributed by atoms with E-state index in [0.29, 0.717) is 49.7 Å². The zero-order valence-corrected chi connectivity index (χ0v) is 25.3. The Labute approximate surface area is 256 Å². The van der Waals surface area contributed by atoms with Crippen molar-refractivity contribution in [3.8, 4) is 0 Å². The van der Waals surface area contributed by atoms with Crippen LogP contribution in [0.5, 0.6) is 0 Å². The van der Waals surface area contributed by atoms with Crippen molar-refractivity contribution in [2.45, 2.75) is 48.8 Å². The molecule has 1 N–H and O–H groups in total. The van der Waals surface area contributed by atoms with Crippen LogP contribution in [-0.2, 0) is 20.9 Å². The standard InChI is InChI=1S/C33H36ClN3O4S/c1-22-11-8-14-24(34)28(22)36-19-10-16-33-27(31(40)37(29(33)32(36)41)18-6-3-7-20-38)26-25(42-33)15-9-17-35(30(26)39)21-23-12-4-2-5-13-23/h2,4-5,8-16,25-27,29,38H,3,6-7,17-21H2,1H3/t25-,26+,27-,29?,33-/m0/s1. The molecule has 0 aromatic heterocycles. The van der Waals surface area contributed by atoms with E-state index < -0.39 is 22.6 Å². The number of aliphatic hydroxyl groups is 1. The predicted molar refractivity (Wildman–Crippen MR) is 166 cm³/mol. The van der Waals surface area contributed by atoms with Crippen LogP contribution in [0.15, 0.2) is 72.8 Å². The van der Waals surface area contributed by atoms with E-state index in [4.69, 9.17) is 11.6 Å². The Bertz CT molecular complexity index is 1410. The van der Waals surface area contributed by atoms with Crippen LogP contribution >= 0.6 is 23.4 Å². The van der Waals surface area contributed by atoms with Crippen LogP contribution in [0.4, 0.5) is 5.69 Å². The van der Waals surface area contributed by atoms with Gasteiger partial charge in [-0.15, -0.1) is 11.8 Å². The van der Waals surface area contributed by atoms with E-state index in [1.807, 2.05) is 72.5 Å². The summed E-state index contributed by atoms with van der Waals surface area (Å²) in [5, 5.41) is 9.60. The Balaban J connectivity index is 1.39. The molecular weight excluding hydrogens is 570 g/mol. The number of aryl methyl sites for hydroxylation is 1. The molecule has 6 rings (SSSR count). The quantitative estimate of drug-likeness (QED) is 0.351. The lowest BCUT2D eigenvalue weighted by molar-refractivity contribution is -0.143. The van der Waals surface area contributed by atoms with Crippen LogP contribution in [0.3, 0.4) is 0 Å².